The van der Waals surface area contributed by atoms with E-state index in [1.807, 2.05) is 38.1 Å². The smallest absolute Gasteiger partial charge is 0.407 e. The molecule has 6 rings (SSSR count). The standard InChI is InChI=1S/C40H55N9O10/c1-26(2)42-39(53)59-29-8-7-28(24-29)30-25-35(46-45-30)43-37(51)32-12-13-41-48(32)14-16-56-18-20-58-22-21-57-19-17-55-15-4-5-27-6-9-31-34(23-27)47(3)40(54)49(31)33-10-11-36(50)44-38(33)52/h6,9,12-13,23,25-26,28-29,33H,4-5,7-8,10-11,14-22,24H2,1-3H3,(H,42,53)(H,44,50,52)(H2,43,45,46,51)/t28-,29+,33?/m1/s1. The molecule has 0 radical (unpaired) electrons. The molecule has 1 unspecified atom stereocenters. The highest BCUT2D eigenvalue weighted by molar-refractivity contribution is 6.02. The third-order valence-electron chi connectivity index (χ3n) is 10.3. The van der Waals surface area contributed by atoms with Crippen LogP contribution in [0.15, 0.2) is 41.3 Å². The van der Waals surface area contributed by atoms with Crippen molar-refractivity contribution in [3.63, 3.8) is 0 Å². The van der Waals surface area contributed by atoms with Crippen LogP contribution in [0.3, 0.4) is 0 Å². The highest BCUT2D eigenvalue weighted by Gasteiger charge is 2.32. The van der Waals surface area contributed by atoms with Gasteiger partial charge in [-0.1, -0.05) is 6.07 Å². The van der Waals surface area contributed by atoms with Crippen LogP contribution in [0.2, 0.25) is 0 Å². The van der Waals surface area contributed by atoms with E-state index in [0.717, 1.165) is 42.5 Å². The van der Waals surface area contributed by atoms with Crippen molar-refractivity contribution in [3.05, 3.63) is 64.0 Å². The summed E-state index contributed by atoms with van der Waals surface area (Å²) in [4.78, 5) is 61.9. The van der Waals surface area contributed by atoms with E-state index in [-0.39, 0.29) is 42.0 Å². The van der Waals surface area contributed by atoms with Gasteiger partial charge in [-0.05, 0) is 76.1 Å². The molecule has 1 aliphatic heterocycles. The summed E-state index contributed by atoms with van der Waals surface area (Å²) in [5, 5.41) is 19.4. The van der Waals surface area contributed by atoms with Crippen LogP contribution < -0.4 is 21.6 Å². The summed E-state index contributed by atoms with van der Waals surface area (Å²) >= 11 is 0. The molecule has 1 saturated heterocycles. The molecule has 4 N–H and O–H groups in total. The van der Waals surface area contributed by atoms with Crippen molar-refractivity contribution < 1.29 is 42.9 Å². The summed E-state index contributed by atoms with van der Waals surface area (Å²) < 4.78 is 32.7. The number of hydrogen-bond acceptors (Lipinski definition) is 12. The van der Waals surface area contributed by atoms with E-state index in [1.165, 1.54) is 9.13 Å². The number of anilines is 1. The van der Waals surface area contributed by atoms with Crippen molar-refractivity contribution in [3.8, 4) is 0 Å². The van der Waals surface area contributed by atoms with Crippen molar-refractivity contribution in [1.29, 1.82) is 0 Å². The molecule has 59 heavy (non-hydrogen) atoms. The second kappa shape index (κ2) is 21.1. The number of imide groups is 1. The van der Waals surface area contributed by atoms with Crippen LogP contribution in [-0.4, -0.2) is 118 Å². The minimum atomic E-state index is -0.703. The number of hydrogen-bond donors (Lipinski definition) is 4. The van der Waals surface area contributed by atoms with Gasteiger partial charge in [-0.3, -0.25) is 38.6 Å². The molecule has 2 fully saturated rings. The quantitative estimate of drug-likeness (QED) is 0.0664. The number of nitrogens with one attached hydrogen (secondary N) is 4. The third-order valence-corrected chi connectivity index (χ3v) is 10.3. The Labute approximate surface area is 341 Å². The highest BCUT2D eigenvalue weighted by atomic mass is 16.6. The van der Waals surface area contributed by atoms with Gasteiger partial charge >= 0.3 is 11.8 Å². The minimum Gasteiger partial charge on any atom is -0.446 e. The van der Waals surface area contributed by atoms with Gasteiger partial charge in [-0.25, -0.2) is 9.59 Å². The second-order valence-electron chi connectivity index (χ2n) is 15.0. The van der Waals surface area contributed by atoms with E-state index in [2.05, 4.69) is 31.2 Å². The van der Waals surface area contributed by atoms with Gasteiger partial charge in [0.1, 0.15) is 17.8 Å². The number of imidazole rings is 1. The molecule has 3 atom stereocenters. The van der Waals surface area contributed by atoms with E-state index in [4.69, 9.17) is 23.7 Å². The van der Waals surface area contributed by atoms with Gasteiger partial charge in [0.2, 0.25) is 11.8 Å². The van der Waals surface area contributed by atoms with E-state index < -0.39 is 18.0 Å². The number of nitrogens with zero attached hydrogens (tertiary/aromatic N) is 5. The monoisotopic (exact) mass is 821 g/mol. The molecule has 1 saturated carbocycles. The number of ether oxygens (including phenoxy) is 5. The number of benzene rings is 1. The van der Waals surface area contributed by atoms with Crippen molar-refractivity contribution in [2.45, 2.75) is 89.4 Å². The molecule has 320 valence electrons. The Morgan fingerprint density at radius 2 is 1.63 bits per heavy atom. The first-order chi connectivity index (χ1) is 28.6. The van der Waals surface area contributed by atoms with Crippen LogP contribution in [0, 0.1) is 0 Å². The lowest BCUT2D eigenvalue weighted by molar-refractivity contribution is -0.135. The summed E-state index contributed by atoms with van der Waals surface area (Å²) in [5.41, 5.74) is 3.45. The maximum Gasteiger partial charge on any atom is 0.407 e. The summed E-state index contributed by atoms with van der Waals surface area (Å²) in [5.74, 6) is -0.538. The summed E-state index contributed by atoms with van der Waals surface area (Å²) in [7, 11) is 1.69. The molecule has 1 aromatic carbocycles. The fourth-order valence-electron chi connectivity index (χ4n) is 7.33. The minimum absolute atomic E-state index is 0.0129. The van der Waals surface area contributed by atoms with Gasteiger partial charge in [0.05, 0.1) is 63.8 Å². The third kappa shape index (κ3) is 11.9. The molecule has 19 nitrogen and oxygen atoms in total. The number of aryl methyl sites for hydroxylation is 2. The van der Waals surface area contributed by atoms with Crippen molar-refractivity contribution in [1.82, 2.24) is 39.7 Å². The topological polar surface area (TPSA) is 224 Å². The van der Waals surface area contributed by atoms with Gasteiger partial charge in [0, 0.05) is 50.0 Å². The number of H-pyrrole nitrogens is 1. The maximum absolute atomic E-state index is 13.0. The lowest BCUT2D eigenvalue weighted by Gasteiger charge is -2.21. The molecule has 0 bridgehead atoms. The van der Waals surface area contributed by atoms with Gasteiger partial charge < -0.3 is 34.3 Å². The average Bonchev–Trinajstić information content (AvgIpc) is 4.01. The molecular weight excluding hydrogens is 766 g/mol. The van der Waals surface area contributed by atoms with Crippen LogP contribution in [0.5, 0.6) is 0 Å². The lowest BCUT2D eigenvalue weighted by atomic mass is 10.0. The number of carbonyl (C=O) groups excluding carboxylic acids is 4. The fraction of sp³-hybridized carbons (Fsp3) is 0.575. The first kappa shape index (κ1) is 43.2. The number of rotatable bonds is 22. The van der Waals surface area contributed by atoms with Crippen LogP contribution in [0.25, 0.3) is 11.0 Å². The maximum atomic E-state index is 13.0. The van der Waals surface area contributed by atoms with E-state index in [0.29, 0.717) is 89.3 Å². The summed E-state index contributed by atoms with van der Waals surface area (Å²) in [6.07, 6.45) is 5.36. The molecule has 19 heteroatoms. The Morgan fingerprint density at radius 1 is 0.898 bits per heavy atom. The normalized spacial score (nSPS) is 18.1. The number of piperidine rings is 1. The van der Waals surface area contributed by atoms with Crippen molar-refractivity contribution in [2.24, 2.45) is 7.05 Å². The Bertz CT molecular complexity index is 2100. The number of carbonyl (C=O) groups is 4. The molecule has 4 heterocycles. The molecule has 1 aliphatic carbocycles. The Morgan fingerprint density at radius 3 is 2.36 bits per heavy atom. The largest absolute Gasteiger partial charge is 0.446 e. The number of amides is 4. The van der Waals surface area contributed by atoms with Crippen molar-refractivity contribution in [2.75, 3.05) is 58.2 Å². The van der Waals surface area contributed by atoms with Crippen LogP contribution in [-0.2, 0) is 53.3 Å². The predicted molar refractivity (Wildman–Crippen MR) is 214 cm³/mol. The van der Waals surface area contributed by atoms with Gasteiger partial charge in [0.15, 0.2) is 5.82 Å². The molecule has 4 aromatic rings. The number of fused-ring (bicyclic) bond motifs is 1. The molecule has 0 spiro atoms. The van der Waals surface area contributed by atoms with Crippen LogP contribution in [0.1, 0.15) is 86.1 Å². The number of aromatic nitrogens is 6. The lowest BCUT2D eigenvalue weighted by Crippen LogP contribution is -2.44. The Balaban J connectivity index is 0.775. The van der Waals surface area contributed by atoms with Crippen molar-refractivity contribution >= 4 is 40.7 Å². The second-order valence-corrected chi connectivity index (χ2v) is 15.0. The summed E-state index contributed by atoms with van der Waals surface area (Å²) in [6, 6.07) is 8.54. The summed E-state index contributed by atoms with van der Waals surface area (Å²) in [6.45, 7) is 7.58. The Hall–Kier alpha value is -5.37. The van der Waals surface area contributed by atoms with E-state index in [1.54, 1.807) is 24.0 Å². The van der Waals surface area contributed by atoms with Crippen LogP contribution in [0.4, 0.5) is 10.6 Å². The first-order valence-corrected chi connectivity index (χ1v) is 20.3. The zero-order chi connectivity index (χ0) is 41.7. The molecular formula is C40H55N9O10. The van der Waals surface area contributed by atoms with E-state index >= 15 is 0 Å². The number of aromatic amines is 1. The highest BCUT2D eigenvalue weighted by Crippen LogP contribution is 2.36. The zero-order valence-corrected chi connectivity index (χ0v) is 33.9. The Kier molecular flexibility index (Phi) is 15.4. The van der Waals surface area contributed by atoms with Gasteiger partial charge in [-0.15, -0.1) is 0 Å². The number of alkyl carbamates (subject to hydrolysis) is 1. The van der Waals surface area contributed by atoms with Crippen LogP contribution >= 0.6 is 0 Å². The molecule has 4 amide bonds. The van der Waals surface area contributed by atoms with Gasteiger partial charge in [0.25, 0.3) is 5.91 Å². The molecule has 2 aliphatic rings. The average molecular weight is 822 g/mol. The molecule has 3 aromatic heterocycles. The van der Waals surface area contributed by atoms with E-state index in [9.17, 15) is 24.0 Å². The predicted octanol–water partition coefficient (Wildman–Crippen LogP) is 2.96. The SMILES string of the molecule is CC(C)NC(=O)O[C@H]1CC[C@@H](c2cc(NC(=O)c3ccnn3CCOCCOCCOCCOCCCc3ccc4c(c3)n(C)c(=O)n4C3CCC(=O)NC3=O)n[nH]2)C1. The zero-order valence-electron chi connectivity index (χ0n) is 33.9. The first-order valence-electron chi connectivity index (χ1n) is 20.3. The fourth-order valence-corrected chi connectivity index (χ4v) is 7.33. The van der Waals surface area contributed by atoms with Gasteiger partial charge in [-0.2, -0.15) is 10.2 Å².